The number of nitrogens with zero attached hydrogens (tertiary/aromatic N) is 1. The van der Waals surface area contributed by atoms with Gasteiger partial charge in [0.1, 0.15) is 0 Å². The number of sulfonamides is 1. The Bertz CT molecular complexity index is 1530. The Hall–Kier alpha value is -4.11. The fourth-order valence-corrected chi connectivity index (χ4v) is 5.19. The number of aryl methyl sites for hydroxylation is 1. The maximum Gasteiger partial charge on any atom is 0.236 e. The normalized spacial score (nSPS) is 11.4. The van der Waals surface area contributed by atoms with Gasteiger partial charge in [-0.05, 0) is 77.6 Å². The van der Waals surface area contributed by atoms with Gasteiger partial charge < -0.3 is 0 Å². The van der Waals surface area contributed by atoms with E-state index >= 15 is 0 Å². The molecule has 0 spiro atoms. The SMILES string of the molecule is CCCCc1ccc(C#Cc2ccc(CN(Cc3ccc([O])cc3)S(=O)(=O)/C=C/c3ccccc3)cc2)cc1. The van der Waals surface area contributed by atoms with E-state index in [1.54, 1.807) is 18.2 Å². The van der Waals surface area contributed by atoms with Crippen LogP contribution in [0, 0.1) is 11.8 Å². The average molecular weight is 535 g/mol. The third-order valence-electron chi connectivity index (χ3n) is 6.31. The van der Waals surface area contributed by atoms with E-state index in [9.17, 15) is 13.5 Å². The van der Waals surface area contributed by atoms with Crippen LogP contribution in [0.4, 0.5) is 0 Å². The van der Waals surface area contributed by atoms with Gasteiger partial charge in [-0.2, -0.15) is 4.31 Å². The van der Waals surface area contributed by atoms with Crippen molar-refractivity contribution < 1.29 is 13.5 Å². The van der Waals surface area contributed by atoms with E-state index in [4.69, 9.17) is 0 Å². The first-order valence-electron chi connectivity index (χ1n) is 13.1. The van der Waals surface area contributed by atoms with Gasteiger partial charge in [-0.1, -0.05) is 91.9 Å². The molecule has 0 atom stereocenters. The molecule has 0 saturated carbocycles. The highest BCUT2D eigenvalue weighted by molar-refractivity contribution is 7.92. The minimum Gasteiger partial charge on any atom is -0.290 e. The number of hydrogen-bond donors (Lipinski definition) is 0. The molecule has 4 nitrogen and oxygen atoms in total. The van der Waals surface area contributed by atoms with Gasteiger partial charge in [-0.25, -0.2) is 8.42 Å². The highest BCUT2D eigenvalue weighted by Crippen LogP contribution is 2.19. The Kier molecular flexibility index (Phi) is 9.74. The molecular formula is C34H32NO3S. The Morgan fingerprint density at radius 2 is 1.21 bits per heavy atom. The summed E-state index contributed by atoms with van der Waals surface area (Å²) in [6, 6.07) is 31.6. The third-order valence-corrected chi connectivity index (χ3v) is 7.77. The van der Waals surface area contributed by atoms with Gasteiger partial charge in [0.2, 0.25) is 10.0 Å². The summed E-state index contributed by atoms with van der Waals surface area (Å²) in [6.45, 7) is 2.53. The zero-order chi connectivity index (χ0) is 27.5. The number of benzene rings is 4. The largest absolute Gasteiger partial charge is 0.290 e. The summed E-state index contributed by atoms with van der Waals surface area (Å²) in [5.74, 6) is 6.29. The summed E-state index contributed by atoms with van der Waals surface area (Å²) >= 11 is 0. The molecule has 0 aliphatic rings. The first-order valence-corrected chi connectivity index (χ1v) is 14.6. The van der Waals surface area contributed by atoms with Gasteiger partial charge in [-0.3, -0.25) is 5.11 Å². The number of rotatable bonds is 10. The van der Waals surface area contributed by atoms with E-state index in [1.165, 1.54) is 40.3 Å². The Morgan fingerprint density at radius 3 is 1.74 bits per heavy atom. The molecule has 0 amide bonds. The van der Waals surface area contributed by atoms with Gasteiger partial charge >= 0.3 is 0 Å². The van der Waals surface area contributed by atoms with Crippen LogP contribution in [0.2, 0.25) is 0 Å². The average Bonchev–Trinajstić information content (AvgIpc) is 2.96. The van der Waals surface area contributed by atoms with E-state index in [2.05, 4.69) is 43.0 Å². The number of hydrogen-bond acceptors (Lipinski definition) is 2. The first-order chi connectivity index (χ1) is 18.9. The van der Waals surface area contributed by atoms with Gasteiger partial charge in [0.25, 0.3) is 0 Å². The maximum absolute atomic E-state index is 13.3. The highest BCUT2D eigenvalue weighted by Gasteiger charge is 2.20. The van der Waals surface area contributed by atoms with Crippen LogP contribution in [-0.2, 0) is 34.6 Å². The lowest BCUT2D eigenvalue weighted by Gasteiger charge is -2.21. The summed E-state index contributed by atoms with van der Waals surface area (Å²) < 4.78 is 28.1. The van der Waals surface area contributed by atoms with Crippen molar-refractivity contribution in [3.05, 3.63) is 142 Å². The lowest BCUT2D eigenvalue weighted by Crippen LogP contribution is -2.28. The molecule has 39 heavy (non-hydrogen) atoms. The smallest absolute Gasteiger partial charge is 0.236 e. The van der Waals surface area contributed by atoms with Crippen LogP contribution in [0.3, 0.4) is 0 Å². The van der Waals surface area contributed by atoms with Crippen molar-refractivity contribution in [2.24, 2.45) is 0 Å². The van der Waals surface area contributed by atoms with Crippen LogP contribution in [0.1, 0.15) is 53.1 Å². The van der Waals surface area contributed by atoms with E-state index < -0.39 is 10.0 Å². The predicted octanol–water partition coefficient (Wildman–Crippen LogP) is 7.58. The zero-order valence-electron chi connectivity index (χ0n) is 22.1. The first kappa shape index (κ1) is 27.9. The molecule has 0 saturated heterocycles. The molecule has 0 aliphatic heterocycles. The monoisotopic (exact) mass is 534 g/mol. The van der Waals surface area contributed by atoms with Gasteiger partial charge in [0.05, 0.1) is 0 Å². The zero-order valence-corrected chi connectivity index (χ0v) is 22.9. The van der Waals surface area contributed by atoms with Gasteiger partial charge in [0, 0.05) is 29.6 Å². The molecule has 0 fully saturated rings. The Balaban J connectivity index is 1.49. The van der Waals surface area contributed by atoms with Crippen LogP contribution in [0.25, 0.3) is 6.08 Å². The highest BCUT2D eigenvalue weighted by atomic mass is 32.2. The molecule has 1 radical (unpaired) electrons. The molecule has 4 aromatic rings. The second-order valence-electron chi connectivity index (χ2n) is 9.42. The lowest BCUT2D eigenvalue weighted by atomic mass is 10.1. The van der Waals surface area contributed by atoms with Crippen LogP contribution in [-0.4, -0.2) is 12.7 Å². The van der Waals surface area contributed by atoms with Crippen LogP contribution in [0.5, 0.6) is 5.75 Å². The van der Waals surface area contributed by atoms with Crippen molar-refractivity contribution >= 4 is 16.1 Å². The lowest BCUT2D eigenvalue weighted by molar-refractivity contribution is 0.354. The summed E-state index contributed by atoms with van der Waals surface area (Å²) in [5.41, 5.74) is 5.54. The van der Waals surface area contributed by atoms with Gasteiger partial charge in [-0.15, -0.1) is 0 Å². The molecule has 0 aliphatic carbocycles. The molecule has 0 unspecified atom stereocenters. The summed E-state index contributed by atoms with van der Waals surface area (Å²) in [7, 11) is -3.75. The van der Waals surface area contributed by atoms with Gasteiger partial charge in [0.15, 0.2) is 5.75 Å². The summed E-state index contributed by atoms with van der Waals surface area (Å²) in [4.78, 5) is 0. The fourth-order valence-electron chi connectivity index (χ4n) is 4.03. The van der Waals surface area contributed by atoms with Crippen molar-refractivity contribution in [2.45, 2.75) is 39.3 Å². The van der Waals surface area contributed by atoms with Crippen molar-refractivity contribution in [3.63, 3.8) is 0 Å². The number of unbranched alkanes of at least 4 members (excludes halogenated alkanes) is 1. The van der Waals surface area contributed by atoms with Crippen molar-refractivity contribution in [3.8, 4) is 17.6 Å². The molecule has 4 rings (SSSR count). The van der Waals surface area contributed by atoms with Crippen molar-refractivity contribution in [1.82, 2.24) is 4.31 Å². The maximum atomic E-state index is 13.3. The minimum absolute atomic E-state index is 0.110. The van der Waals surface area contributed by atoms with Crippen LogP contribution < -0.4 is 0 Å². The Labute approximate surface area is 232 Å². The quantitative estimate of drug-likeness (QED) is 0.197. The van der Waals surface area contributed by atoms with Crippen molar-refractivity contribution in [1.29, 1.82) is 0 Å². The summed E-state index contributed by atoms with van der Waals surface area (Å²) in [5, 5.41) is 12.8. The molecule has 4 aromatic carbocycles. The predicted molar refractivity (Wildman–Crippen MR) is 158 cm³/mol. The minimum atomic E-state index is -3.75. The molecule has 0 aromatic heterocycles. The molecule has 0 bridgehead atoms. The molecule has 0 heterocycles. The fraction of sp³-hybridized carbons (Fsp3) is 0.176. The molecule has 197 valence electrons. The molecule has 0 N–H and O–H groups in total. The summed E-state index contributed by atoms with van der Waals surface area (Å²) in [6.07, 6.45) is 5.05. The van der Waals surface area contributed by atoms with E-state index in [-0.39, 0.29) is 18.8 Å². The third kappa shape index (κ3) is 8.71. The van der Waals surface area contributed by atoms with E-state index in [0.29, 0.717) is 0 Å². The molecule has 5 heteroatoms. The van der Waals surface area contributed by atoms with Crippen LogP contribution >= 0.6 is 0 Å². The second kappa shape index (κ2) is 13.6. The van der Waals surface area contributed by atoms with Crippen molar-refractivity contribution in [2.75, 3.05) is 0 Å². The molecular weight excluding hydrogens is 502 g/mol. The Morgan fingerprint density at radius 1 is 0.692 bits per heavy atom. The standard InChI is InChI=1S/C34H32NO3S/c1-2-3-7-29-10-12-30(13-11-29)14-15-31-16-18-32(19-17-31)26-35(27-33-20-22-34(36)23-21-33)39(37,38)25-24-28-8-5-4-6-9-28/h4-6,8-13,16-25H,2-3,7,26-27H2,1H3/b25-24+. The second-order valence-corrected chi connectivity index (χ2v) is 11.2. The topological polar surface area (TPSA) is 57.3 Å². The van der Waals surface area contributed by atoms with E-state index in [1.807, 2.05) is 54.6 Å². The van der Waals surface area contributed by atoms with E-state index in [0.717, 1.165) is 34.2 Å². The van der Waals surface area contributed by atoms with Crippen LogP contribution in [0.15, 0.2) is 109 Å².